The fourth-order valence-electron chi connectivity index (χ4n) is 2.07. The van der Waals surface area contributed by atoms with Crippen molar-refractivity contribution < 1.29 is 8.81 Å². The summed E-state index contributed by atoms with van der Waals surface area (Å²) < 4.78 is 18.7. The van der Waals surface area contributed by atoms with Gasteiger partial charge in [-0.1, -0.05) is 6.07 Å². The van der Waals surface area contributed by atoms with Gasteiger partial charge in [0.1, 0.15) is 17.3 Å². The molecular weight excluding hydrogens is 217 g/mol. The first-order valence-corrected chi connectivity index (χ1v) is 5.57. The third-order valence-corrected chi connectivity index (χ3v) is 2.99. The van der Waals surface area contributed by atoms with Crippen molar-refractivity contribution >= 4 is 0 Å². The van der Waals surface area contributed by atoms with Crippen LogP contribution in [0.1, 0.15) is 34.3 Å². The summed E-state index contributed by atoms with van der Waals surface area (Å²) in [6.07, 6.45) is 0. The van der Waals surface area contributed by atoms with Crippen molar-refractivity contribution in [2.75, 3.05) is 0 Å². The van der Waals surface area contributed by atoms with Crippen molar-refractivity contribution in [3.63, 3.8) is 0 Å². The Bertz CT molecular complexity index is 545. The van der Waals surface area contributed by atoms with Crippen molar-refractivity contribution in [1.82, 2.24) is 0 Å². The fourth-order valence-corrected chi connectivity index (χ4v) is 2.07. The minimum atomic E-state index is -0.344. The zero-order valence-electron chi connectivity index (χ0n) is 10.3. The van der Waals surface area contributed by atoms with Gasteiger partial charge in [0.05, 0.1) is 6.04 Å². The Morgan fingerprint density at radius 1 is 1.12 bits per heavy atom. The number of halogens is 1. The Kier molecular flexibility index (Phi) is 3.03. The largest absolute Gasteiger partial charge is 0.466 e. The molecule has 0 saturated carbocycles. The van der Waals surface area contributed by atoms with E-state index in [2.05, 4.69) is 0 Å². The van der Waals surface area contributed by atoms with Crippen LogP contribution in [0.3, 0.4) is 0 Å². The number of hydrogen-bond donors (Lipinski definition) is 1. The van der Waals surface area contributed by atoms with Crippen molar-refractivity contribution in [2.45, 2.75) is 26.8 Å². The molecule has 0 aliphatic heterocycles. The summed E-state index contributed by atoms with van der Waals surface area (Å²) in [5.74, 6) is 1.35. The lowest BCUT2D eigenvalue weighted by molar-refractivity contribution is 0.499. The zero-order valence-corrected chi connectivity index (χ0v) is 10.3. The lowest BCUT2D eigenvalue weighted by Crippen LogP contribution is -2.13. The van der Waals surface area contributed by atoms with Gasteiger partial charge in [-0.3, -0.25) is 0 Å². The van der Waals surface area contributed by atoms with Gasteiger partial charge in [-0.2, -0.15) is 0 Å². The van der Waals surface area contributed by atoms with Gasteiger partial charge in [0, 0.05) is 5.56 Å². The molecule has 3 heteroatoms. The first-order valence-electron chi connectivity index (χ1n) is 5.57. The first-order chi connectivity index (χ1) is 7.99. The molecule has 17 heavy (non-hydrogen) atoms. The predicted octanol–water partition coefficient (Wildman–Crippen LogP) is 3.39. The Morgan fingerprint density at radius 2 is 1.82 bits per heavy atom. The molecule has 0 spiro atoms. The molecule has 1 aromatic heterocycles. The Balaban J connectivity index is 2.46. The van der Waals surface area contributed by atoms with Crippen LogP contribution in [0, 0.1) is 26.6 Å². The number of aryl methyl sites for hydroxylation is 3. The molecule has 90 valence electrons. The van der Waals surface area contributed by atoms with E-state index in [1.807, 2.05) is 26.8 Å². The second-order valence-corrected chi connectivity index (χ2v) is 4.35. The maximum absolute atomic E-state index is 13.2. The first kappa shape index (κ1) is 11.9. The Morgan fingerprint density at radius 3 is 2.41 bits per heavy atom. The van der Waals surface area contributed by atoms with Gasteiger partial charge in [-0.15, -0.1) is 0 Å². The van der Waals surface area contributed by atoms with Gasteiger partial charge in [-0.25, -0.2) is 4.39 Å². The van der Waals surface area contributed by atoms with Gasteiger partial charge < -0.3 is 10.2 Å². The zero-order chi connectivity index (χ0) is 12.6. The molecule has 2 nitrogen and oxygen atoms in total. The van der Waals surface area contributed by atoms with E-state index in [-0.39, 0.29) is 11.9 Å². The average Bonchev–Trinajstić information content (AvgIpc) is 2.60. The number of benzene rings is 1. The monoisotopic (exact) mass is 233 g/mol. The van der Waals surface area contributed by atoms with Crippen molar-refractivity contribution in [1.29, 1.82) is 0 Å². The second-order valence-electron chi connectivity index (χ2n) is 4.35. The van der Waals surface area contributed by atoms with E-state index in [1.165, 1.54) is 12.1 Å². The van der Waals surface area contributed by atoms with Gasteiger partial charge in [-0.05, 0) is 50.1 Å². The molecule has 0 radical (unpaired) electrons. The number of furan rings is 1. The van der Waals surface area contributed by atoms with Crippen LogP contribution in [0.2, 0.25) is 0 Å². The predicted molar refractivity (Wildman–Crippen MR) is 65.3 cm³/mol. The smallest absolute Gasteiger partial charge is 0.123 e. The Labute approximate surface area is 100 Å². The highest BCUT2D eigenvalue weighted by Gasteiger charge is 2.17. The summed E-state index contributed by atoms with van der Waals surface area (Å²) in [6.45, 7) is 5.68. The van der Waals surface area contributed by atoms with E-state index in [0.29, 0.717) is 0 Å². The van der Waals surface area contributed by atoms with Gasteiger partial charge in [0.15, 0.2) is 0 Å². The molecule has 2 rings (SSSR count). The van der Waals surface area contributed by atoms with Crippen LogP contribution in [0.5, 0.6) is 0 Å². The highest BCUT2D eigenvalue weighted by atomic mass is 19.1. The van der Waals surface area contributed by atoms with Gasteiger partial charge in [0.25, 0.3) is 0 Å². The summed E-state index contributed by atoms with van der Waals surface area (Å²) in [5, 5.41) is 0. The lowest BCUT2D eigenvalue weighted by atomic mass is 9.96. The maximum Gasteiger partial charge on any atom is 0.123 e. The van der Waals surface area contributed by atoms with Crippen LogP contribution in [-0.2, 0) is 0 Å². The fraction of sp³-hybridized carbons (Fsp3) is 0.286. The minimum Gasteiger partial charge on any atom is -0.466 e. The van der Waals surface area contributed by atoms with Crippen LogP contribution in [0.4, 0.5) is 4.39 Å². The van der Waals surface area contributed by atoms with E-state index in [4.69, 9.17) is 10.2 Å². The summed E-state index contributed by atoms with van der Waals surface area (Å²) in [4.78, 5) is 0. The summed E-state index contributed by atoms with van der Waals surface area (Å²) in [7, 11) is 0. The average molecular weight is 233 g/mol. The van der Waals surface area contributed by atoms with Crippen LogP contribution < -0.4 is 5.73 Å². The molecule has 2 aromatic rings. The van der Waals surface area contributed by atoms with Crippen LogP contribution in [-0.4, -0.2) is 0 Å². The van der Waals surface area contributed by atoms with Gasteiger partial charge >= 0.3 is 0 Å². The Hall–Kier alpha value is -1.61. The summed E-state index contributed by atoms with van der Waals surface area (Å²) in [6, 6.07) is 6.24. The quantitative estimate of drug-likeness (QED) is 0.863. The normalized spacial score (nSPS) is 12.8. The molecule has 1 heterocycles. The minimum absolute atomic E-state index is 0.265. The standard InChI is InChI=1S/C14H16FNO/c1-8-4-5-11(15)7-12(8)14(16)13-6-9(2)17-10(13)3/h4-7,14H,16H2,1-3H3. The van der Waals surface area contributed by atoms with Gasteiger partial charge in [0.2, 0.25) is 0 Å². The van der Waals surface area contributed by atoms with Crippen molar-refractivity contribution in [3.05, 3.63) is 58.3 Å². The number of rotatable bonds is 2. The molecule has 0 bridgehead atoms. The second kappa shape index (κ2) is 4.34. The van der Waals surface area contributed by atoms with Crippen LogP contribution >= 0.6 is 0 Å². The van der Waals surface area contributed by atoms with E-state index in [9.17, 15) is 4.39 Å². The SMILES string of the molecule is Cc1cc(C(N)c2cc(F)ccc2C)c(C)o1. The lowest BCUT2D eigenvalue weighted by Gasteiger charge is -2.14. The third kappa shape index (κ3) is 2.24. The third-order valence-electron chi connectivity index (χ3n) is 2.99. The molecular formula is C14H16FNO. The van der Waals surface area contributed by atoms with Crippen molar-refractivity contribution in [2.24, 2.45) is 5.73 Å². The van der Waals surface area contributed by atoms with E-state index in [1.54, 1.807) is 6.07 Å². The van der Waals surface area contributed by atoms with E-state index < -0.39 is 0 Å². The van der Waals surface area contributed by atoms with Crippen LogP contribution in [0.15, 0.2) is 28.7 Å². The molecule has 2 N–H and O–H groups in total. The molecule has 1 unspecified atom stereocenters. The highest BCUT2D eigenvalue weighted by molar-refractivity contribution is 5.38. The maximum atomic E-state index is 13.2. The molecule has 0 saturated heterocycles. The molecule has 0 aliphatic carbocycles. The molecule has 1 aromatic carbocycles. The topological polar surface area (TPSA) is 39.2 Å². The molecule has 0 fully saturated rings. The van der Waals surface area contributed by atoms with E-state index in [0.717, 1.165) is 28.2 Å². The van der Waals surface area contributed by atoms with E-state index >= 15 is 0 Å². The summed E-state index contributed by atoms with van der Waals surface area (Å²) >= 11 is 0. The molecule has 0 aliphatic rings. The molecule has 0 amide bonds. The highest BCUT2D eigenvalue weighted by Crippen LogP contribution is 2.27. The number of nitrogens with two attached hydrogens (primary N) is 1. The van der Waals surface area contributed by atoms with Crippen molar-refractivity contribution in [3.8, 4) is 0 Å². The summed E-state index contributed by atoms with van der Waals surface area (Å²) in [5.41, 5.74) is 8.87. The van der Waals surface area contributed by atoms with Crippen LogP contribution in [0.25, 0.3) is 0 Å². The number of hydrogen-bond acceptors (Lipinski definition) is 2. The molecule has 1 atom stereocenters.